The molecule has 4 nitrogen and oxygen atoms in total. The molecule has 0 aromatic carbocycles. The first-order valence-electron chi connectivity index (χ1n) is 6.09. The number of likely N-dealkylation sites (tertiary alicyclic amines) is 1. The second-order valence-corrected chi connectivity index (χ2v) is 5.10. The van der Waals surface area contributed by atoms with Gasteiger partial charge in [0.2, 0.25) is 0 Å². The van der Waals surface area contributed by atoms with Crippen LogP contribution in [0.4, 0.5) is 0 Å². The van der Waals surface area contributed by atoms with E-state index in [2.05, 4.69) is 21.1 Å². The first-order valence-corrected chi connectivity index (χ1v) is 6.09. The van der Waals surface area contributed by atoms with Crippen molar-refractivity contribution in [2.24, 2.45) is 5.16 Å². The number of aromatic nitrogens is 1. The number of oxime groups is 1. The second kappa shape index (κ2) is 4.11. The largest absolute Gasteiger partial charge is 0.387 e. The van der Waals surface area contributed by atoms with Gasteiger partial charge >= 0.3 is 0 Å². The Morgan fingerprint density at radius 3 is 3.18 bits per heavy atom. The van der Waals surface area contributed by atoms with E-state index in [4.69, 9.17) is 4.84 Å². The van der Waals surface area contributed by atoms with Gasteiger partial charge in [-0.25, -0.2) is 0 Å². The molecular formula is C13H17N3O. The van der Waals surface area contributed by atoms with Crippen LogP contribution < -0.4 is 0 Å². The summed E-state index contributed by atoms with van der Waals surface area (Å²) in [5.41, 5.74) is 2.35. The summed E-state index contributed by atoms with van der Waals surface area (Å²) >= 11 is 0. The monoisotopic (exact) mass is 231 g/mol. The minimum atomic E-state index is -0.0354. The van der Waals surface area contributed by atoms with Crippen LogP contribution >= 0.6 is 0 Å². The van der Waals surface area contributed by atoms with Crippen molar-refractivity contribution in [3.63, 3.8) is 0 Å². The predicted molar refractivity (Wildman–Crippen MR) is 65.7 cm³/mol. The van der Waals surface area contributed by atoms with E-state index in [9.17, 15) is 0 Å². The maximum absolute atomic E-state index is 5.61. The lowest BCUT2D eigenvalue weighted by molar-refractivity contribution is -0.0105. The molecule has 0 radical (unpaired) electrons. The zero-order valence-electron chi connectivity index (χ0n) is 10.1. The summed E-state index contributed by atoms with van der Waals surface area (Å²) in [5.74, 6) is 0. The van der Waals surface area contributed by atoms with Gasteiger partial charge in [0, 0.05) is 44.9 Å². The number of hydrogen-bond acceptors (Lipinski definition) is 4. The van der Waals surface area contributed by atoms with Gasteiger partial charge in [0.1, 0.15) is 0 Å². The molecule has 3 heterocycles. The highest BCUT2D eigenvalue weighted by atomic mass is 16.7. The Kier molecular flexibility index (Phi) is 2.59. The third-order valence-electron chi connectivity index (χ3n) is 3.50. The fourth-order valence-electron chi connectivity index (χ4n) is 2.74. The van der Waals surface area contributed by atoms with Gasteiger partial charge in [0.25, 0.3) is 0 Å². The molecule has 0 amide bonds. The van der Waals surface area contributed by atoms with Gasteiger partial charge in [-0.05, 0) is 18.6 Å². The molecule has 1 aromatic rings. The number of rotatable bonds is 2. The summed E-state index contributed by atoms with van der Waals surface area (Å²) in [6, 6.07) is 4.11. The van der Waals surface area contributed by atoms with Crippen molar-refractivity contribution in [1.82, 2.24) is 9.88 Å². The number of nitrogens with zero attached hydrogens (tertiary/aromatic N) is 3. The Balaban J connectivity index is 1.62. The highest BCUT2D eigenvalue weighted by molar-refractivity contribution is 5.83. The Bertz CT molecular complexity index is 432. The van der Waals surface area contributed by atoms with E-state index < -0.39 is 0 Å². The Morgan fingerprint density at radius 2 is 2.47 bits per heavy atom. The third-order valence-corrected chi connectivity index (χ3v) is 3.50. The van der Waals surface area contributed by atoms with Crippen molar-refractivity contribution in [3.8, 4) is 0 Å². The molecule has 2 aliphatic rings. The van der Waals surface area contributed by atoms with Crippen LogP contribution in [0.3, 0.4) is 0 Å². The molecule has 90 valence electrons. The van der Waals surface area contributed by atoms with Crippen LogP contribution in [0.5, 0.6) is 0 Å². The van der Waals surface area contributed by atoms with E-state index in [0.717, 1.165) is 38.2 Å². The SMILES string of the molecule is CC1=NOC2(CCN(Cc3cccnc3)C2)C1. The van der Waals surface area contributed by atoms with Crippen LogP contribution in [0.1, 0.15) is 25.3 Å². The molecule has 0 aliphatic carbocycles. The van der Waals surface area contributed by atoms with Gasteiger partial charge in [-0.15, -0.1) is 0 Å². The third kappa shape index (κ3) is 2.17. The lowest BCUT2D eigenvalue weighted by atomic mass is 9.97. The quantitative estimate of drug-likeness (QED) is 0.779. The molecule has 17 heavy (non-hydrogen) atoms. The lowest BCUT2D eigenvalue weighted by Gasteiger charge is -2.21. The number of pyridine rings is 1. The zero-order valence-corrected chi connectivity index (χ0v) is 10.1. The van der Waals surface area contributed by atoms with Crippen LogP contribution in [0.15, 0.2) is 29.7 Å². The normalized spacial score (nSPS) is 28.4. The van der Waals surface area contributed by atoms with E-state index in [1.54, 1.807) is 0 Å². The summed E-state index contributed by atoms with van der Waals surface area (Å²) in [6.07, 6.45) is 5.80. The van der Waals surface area contributed by atoms with E-state index in [1.807, 2.05) is 25.4 Å². The standard InChI is InChI=1S/C13H17N3O/c1-11-7-13(17-15-11)4-6-16(10-13)9-12-3-2-5-14-8-12/h2-3,5,8H,4,6-7,9-10H2,1H3. The maximum atomic E-state index is 5.61. The van der Waals surface area contributed by atoms with Gasteiger partial charge in [0.05, 0.1) is 5.71 Å². The number of hydrogen-bond donors (Lipinski definition) is 0. The molecule has 0 saturated carbocycles. The predicted octanol–water partition coefficient (Wildman–Crippen LogP) is 1.82. The molecule has 1 atom stereocenters. The molecule has 1 fully saturated rings. The van der Waals surface area contributed by atoms with Crippen molar-refractivity contribution in [3.05, 3.63) is 30.1 Å². The molecule has 3 rings (SSSR count). The van der Waals surface area contributed by atoms with Crippen molar-refractivity contribution in [1.29, 1.82) is 0 Å². The van der Waals surface area contributed by atoms with Gasteiger partial charge in [-0.3, -0.25) is 9.88 Å². The van der Waals surface area contributed by atoms with Crippen LogP contribution in [0, 0.1) is 0 Å². The van der Waals surface area contributed by atoms with Crippen LogP contribution in [-0.4, -0.2) is 34.3 Å². The molecule has 1 saturated heterocycles. The lowest BCUT2D eigenvalue weighted by Crippen LogP contribution is -2.33. The smallest absolute Gasteiger partial charge is 0.156 e. The Morgan fingerprint density at radius 1 is 1.53 bits per heavy atom. The molecule has 1 unspecified atom stereocenters. The highest BCUT2D eigenvalue weighted by Gasteiger charge is 2.43. The van der Waals surface area contributed by atoms with Crippen molar-refractivity contribution in [2.75, 3.05) is 13.1 Å². The molecule has 1 aromatic heterocycles. The molecular weight excluding hydrogens is 214 g/mol. The van der Waals surface area contributed by atoms with Crippen LogP contribution in [0.25, 0.3) is 0 Å². The molecule has 4 heteroatoms. The van der Waals surface area contributed by atoms with Gasteiger partial charge in [-0.2, -0.15) is 0 Å². The van der Waals surface area contributed by atoms with E-state index >= 15 is 0 Å². The summed E-state index contributed by atoms with van der Waals surface area (Å²) in [5, 5.41) is 4.09. The summed E-state index contributed by atoms with van der Waals surface area (Å²) in [6.45, 7) is 5.05. The fraction of sp³-hybridized carbons (Fsp3) is 0.538. The average Bonchev–Trinajstić information content (AvgIpc) is 2.88. The molecule has 0 bridgehead atoms. The van der Waals surface area contributed by atoms with Crippen molar-refractivity contribution < 1.29 is 4.84 Å². The summed E-state index contributed by atoms with van der Waals surface area (Å²) in [7, 11) is 0. The second-order valence-electron chi connectivity index (χ2n) is 5.10. The minimum Gasteiger partial charge on any atom is -0.387 e. The van der Waals surface area contributed by atoms with E-state index in [0.29, 0.717) is 0 Å². The molecule has 2 aliphatic heterocycles. The zero-order chi connectivity index (χ0) is 11.7. The van der Waals surface area contributed by atoms with E-state index in [1.165, 1.54) is 5.56 Å². The Labute approximate surface area is 101 Å². The fourth-order valence-corrected chi connectivity index (χ4v) is 2.74. The van der Waals surface area contributed by atoms with Crippen molar-refractivity contribution in [2.45, 2.75) is 31.9 Å². The summed E-state index contributed by atoms with van der Waals surface area (Å²) in [4.78, 5) is 12.2. The summed E-state index contributed by atoms with van der Waals surface area (Å²) < 4.78 is 0. The van der Waals surface area contributed by atoms with Gasteiger partial charge in [0.15, 0.2) is 5.60 Å². The Hall–Kier alpha value is -1.42. The first kappa shape index (κ1) is 10.7. The molecule has 1 spiro atoms. The maximum Gasteiger partial charge on any atom is 0.156 e. The van der Waals surface area contributed by atoms with Crippen molar-refractivity contribution >= 4 is 5.71 Å². The van der Waals surface area contributed by atoms with E-state index in [-0.39, 0.29) is 5.60 Å². The van der Waals surface area contributed by atoms with Gasteiger partial charge in [-0.1, -0.05) is 11.2 Å². The highest BCUT2D eigenvalue weighted by Crippen LogP contribution is 2.34. The molecule has 0 N–H and O–H groups in total. The minimum absolute atomic E-state index is 0.0354. The first-order chi connectivity index (χ1) is 8.26. The topological polar surface area (TPSA) is 37.7 Å². The van der Waals surface area contributed by atoms with Crippen LogP contribution in [0.2, 0.25) is 0 Å². The van der Waals surface area contributed by atoms with Crippen LogP contribution in [-0.2, 0) is 11.4 Å². The van der Waals surface area contributed by atoms with Gasteiger partial charge < -0.3 is 4.84 Å². The average molecular weight is 231 g/mol.